The number of allylic oxidation sites excluding steroid dienone is 2. The Morgan fingerprint density at radius 3 is 2.66 bits per heavy atom. The van der Waals surface area contributed by atoms with Crippen molar-refractivity contribution in [3.05, 3.63) is 51.0 Å². The second-order valence-electron chi connectivity index (χ2n) is 8.19. The number of carboxylic acid groups (broad SMARTS) is 1. The first-order chi connectivity index (χ1) is 14.0. The Kier molecular flexibility index (Phi) is 5.68. The average molecular weight is 409 g/mol. The average Bonchev–Trinajstić information content (AvgIpc) is 3.31. The van der Waals surface area contributed by atoms with Crippen LogP contribution in [0.5, 0.6) is 0 Å². The molecule has 2 aromatic heterocycles. The van der Waals surface area contributed by atoms with Gasteiger partial charge in [0.05, 0.1) is 17.0 Å². The molecule has 1 unspecified atom stereocenters. The van der Waals surface area contributed by atoms with Crippen LogP contribution in [0, 0.1) is 12.8 Å². The normalized spacial score (nSPS) is 19.6. The molecule has 29 heavy (non-hydrogen) atoms. The zero-order valence-electron chi connectivity index (χ0n) is 17.3. The minimum atomic E-state index is -0.880. The number of nitrogens with zero attached hydrogens (tertiary/aromatic N) is 2. The van der Waals surface area contributed by atoms with Gasteiger partial charge in [-0.15, -0.1) is 11.8 Å². The van der Waals surface area contributed by atoms with Gasteiger partial charge in [-0.1, -0.05) is 38.0 Å². The van der Waals surface area contributed by atoms with Gasteiger partial charge in [0.1, 0.15) is 0 Å². The first-order valence-electron chi connectivity index (χ1n) is 10.4. The molecule has 0 spiro atoms. The fourth-order valence-electron chi connectivity index (χ4n) is 4.56. The topological polar surface area (TPSA) is 55.1 Å². The molecule has 152 valence electrons. The Morgan fingerprint density at radius 1 is 1.28 bits per heavy atom. The molecule has 4 rings (SSSR count). The SMILES string of the molecule is CSC1=CC(C)CC=c2c(c(C(=O)O)c(-c3ccc(C)cn3)n2C2CCCC2)=C1. The van der Waals surface area contributed by atoms with E-state index in [-0.39, 0.29) is 0 Å². The van der Waals surface area contributed by atoms with Crippen LogP contribution in [0.1, 0.15) is 61.0 Å². The monoisotopic (exact) mass is 408 g/mol. The Hall–Kier alpha value is -2.27. The molecule has 0 bridgehead atoms. The van der Waals surface area contributed by atoms with Crippen molar-refractivity contribution in [3.63, 3.8) is 0 Å². The van der Waals surface area contributed by atoms with Crippen molar-refractivity contribution in [1.82, 2.24) is 9.55 Å². The second kappa shape index (κ2) is 8.23. The van der Waals surface area contributed by atoms with E-state index in [1.807, 2.05) is 25.3 Å². The predicted molar refractivity (Wildman–Crippen MR) is 120 cm³/mol. The van der Waals surface area contributed by atoms with Gasteiger partial charge in [0.15, 0.2) is 0 Å². The molecule has 1 saturated carbocycles. The molecule has 4 nitrogen and oxygen atoms in total. The highest BCUT2D eigenvalue weighted by Gasteiger charge is 2.28. The van der Waals surface area contributed by atoms with Crippen LogP contribution >= 0.6 is 11.8 Å². The van der Waals surface area contributed by atoms with E-state index in [1.165, 1.54) is 12.8 Å². The van der Waals surface area contributed by atoms with Gasteiger partial charge in [-0.25, -0.2) is 4.79 Å². The van der Waals surface area contributed by atoms with Gasteiger partial charge in [0.2, 0.25) is 0 Å². The number of carbonyl (C=O) groups is 1. The van der Waals surface area contributed by atoms with Crippen molar-refractivity contribution in [3.8, 4) is 11.4 Å². The molecule has 2 heterocycles. The molecule has 0 aliphatic heterocycles. The largest absolute Gasteiger partial charge is 0.478 e. The third kappa shape index (κ3) is 3.80. The molecule has 1 fully saturated rings. The minimum absolute atomic E-state index is 0.330. The van der Waals surface area contributed by atoms with E-state index in [0.29, 0.717) is 17.5 Å². The molecular formula is C24H28N2O2S. The van der Waals surface area contributed by atoms with Crippen molar-refractivity contribution >= 4 is 29.9 Å². The Bertz CT molecular complexity index is 1070. The van der Waals surface area contributed by atoms with Crippen molar-refractivity contribution < 1.29 is 9.90 Å². The van der Waals surface area contributed by atoms with Gasteiger partial charge in [0.25, 0.3) is 0 Å². The molecule has 2 aromatic rings. The number of hydrogen-bond donors (Lipinski definition) is 1. The summed E-state index contributed by atoms with van der Waals surface area (Å²) in [6.07, 6.45) is 15.9. The molecule has 0 saturated heterocycles. The highest BCUT2D eigenvalue weighted by atomic mass is 32.2. The number of fused-ring (bicyclic) bond motifs is 1. The van der Waals surface area contributed by atoms with Gasteiger partial charge in [-0.05, 0) is 56.1 Å². The molecule has 0 aromatic carbocycles. The number of hydrogen-bond acceptors (Lipinski definition) is 3. The zero-order chi connectivity index (χ0) is 20.5. The highest BCUT2D eigenvalue weighted by Crippen LogP contribution is 2.33. The van der Waals surface area contributed by atoms with Crippen LogP contribution in [0.15, 0.2) is 29.3 Å². The van der Waals surface area contributed by atoms with Crippen LogP contribution in [0.3, 0.4) is 0 Å². The van der Waals surface area contributed by atoms with Gasteiger partial charge < -0.3 is 9.67 Å². The quantitative estimate of drug-likeness (QED) is 0.808. The van der Waals surface area contributed by atoms with Crippen LogP contribution < -0.4 is 10.6 Å². The molecule has 1 atom stereocenters. The lowest BCUT2D eigenvalue weighted by Gasteiger charge is -2.18. The van der Waals surface area contributed by atoms with E-state index < -0.39 is 5.97 Å². The van der Waals surface area contributed by atoms with E-state index in [0.717, 1.165) is 51.7 Å². The fourth-order valence-corrected chi connectivity index (χ4v) is 5.17. The van der Waals surface area contributed by atoms with Crippen LogP contribution in [0.2, 0.25) is 0 Å². The third-order valence-corrected chi connectivity index (χ3v) is 6.72. The fraction of sp³-hybridized carbons (Fsp3) is 0.417. The minimum Gasteiger partial charge on any atom is -0.478 e. The van der Waals surface area contributed by atoms with E-state index in [1.54, 1.807) is 11.8 Å². The highest BCUT2D eigenvalue weighted by molar-refractivity contribution is 8.02. The standard InChI is InChI=1S/C24H28N2O2S/c1-15-9-11-21-19(13-18(12-15)29-3)22(24(27)28)23(20-10-8-16(2)14-25-20)26(21)17-6-4-5-7-17/h8,10-15,17H,4-7,9H2,1-3H3,(H,27,28). The Balaban J connectivity index is 2.12. The van der Waals surface area contributed by atoms with Gasteiger partial charge in [-0.2, -0.15) is 0 Å². The lowest BCUT2D eigenvalue weighted by atomic mass is 10.0. The summed E-state index contributed by atoms with van der Waals surface area (Å²) in [6.45, 7) is 4.22. The summed E-state index contributed by atoms with van der Waals surface area (Å²) in [6, 6.07) is 4.31. The van der Waals surface area contributed by atoms with Gasteiger partial charge in [-0.3, -0.25) is 4.98 Å². The summed E-state index contributed by atoms with van der Waals surface area (Å²) < 4.78 is 2.30. The maximum Gasteiger partial charge on any atom is 0.338 e. The number of aromatic carboxylic acids is 1. The Morgan fingerprint density at radius 2 is 2.03 bits per heavy atom. The van der Waals surface area contributed by atoms with Gasteiger partial charge in [0, 0.05) is 27.7 Å². The van der Waals surface area contributed by atoms with Gasteiger partial charge >= 0.3 is 5.97 Å². The first-order valence-corrected chi connectivity index (χ1v) is 11.6. The number of thioether (sulfide) groups is 1. The van der Waals surface area contributed by atoms with Crippen LogP contribution in [-0.4, -0.2) is 26.9 Å². The van der Waals surface area contributed by atoms with Crippen molar-refractivity contribution in [2.45, 2.75) is 52.0 Å². The second-order valence-corrected chi connectivity index (χ2v) is 9.07. The van der Waals surface area contributed by atoms with Crippen LogP contribution in [-0.2, 0) is 0 Å². The lowest BCUT2D eigenvalue weighted by molar-refractivity contribution is 0.0696. The smallest absolute Gasteiger partial charge is 0.338 e. The molecule has 5 heteroatoms. The van der Waals surface area contributed by atoms with Crippen LogP contribution in [0.4, 0.5) is 0 Å². The summed E-state index contributed by atoms with van der Waals surface area (Å²) in [7, 11) is 0. The summed E-state index contributed by atoms with van der Waals surface area (Å²) in [4.78, 5) is 18.3. The molecule has 2 aliphatic carbocycles. The maximum atomic E-state index is 12.5. The third-order valence-electron chi connectivity index (χ3n) is 5.99. The number of aryl methyl sites for hydroxylation is 1. The predicted octanol–water partition coefficient (Wildman–Crippen LogP) is 4.52. The number of pyridine rings is 1. The lowest BCUT2D eigenvalue weighted by Crippen LogP contribution is -2.33. The van der Waals surface area contributed by atoms with Crippen molar-refractivity contribution in [2.75, 3.05) is 6.26 Å². The molecule has 0 radical (unpaired) electrons. The molecule has 0 amide bonds. The first kappa shape index (κ1) is 20.0. The molecular weight excluding hydrogens is 380 g/mol. The van der Waals surface area contributed by atoms with E-state index >= 15 is 0 Å². The van der Waals surface area contributed by atoms with Crippen LogP contribution in [0.25, 0.3) is 23.5 Å². The molecule has 2 aliphatic rings. The number of rotatable bonds is 4. The van der Waals surface area contributed by atoms with E-state index in [4.69, 9.17) is 0 Å². The summed E-state index contributed by atoms with van der Waals surface area (Å²) >= 11 is 1.68. The van der Waals surface area contributed by atoms with E-state index in [2.05, 4.69) is 41.0 Å². The summed E-state index contributed by atoms with van der Waals surface area (Å²) in [5, 5.41) is 12.1. The summed E-state index contributed by atoms with van der Waals surface area (Å²) in [5.74, 6) is -0.461. The zero-order valence-corrected chi connectivity index (χ0v) is 18.1. The van der Waals surface area contributed by atoms with E-state index in [9.17, 15) is 9.90 Å². The molecule has 1 N–H and O–H groups in total. The Labute approximate surface area is 176 Å². The number of aromatic nitrogens is 2. The summed E-state index contributed by atoms with van der Waals surface area (Å²) in [5.41, 5.74) is 2.96. The van der Waals surface area contributed by atoms with Crippen molar-refractivity contribution in [1.29, 1.82) is 0 Å². The number of carboxylic acids is 1. The maximum absolute atomic E-state index is 12.5. The van der Waals surface area contributed by atoms with Crippen molar-refractivity contribution in [2.24, 2.45) is 5.92 Å².